The SMILES string of the molecule is CN1CCO[C@@H](CN(CC(N)=O)C(=O)C2=NN(C)C(=O)CC2)C1. The van der Waals surface area contributed by atoms with Crippen LogP contribution in [0.5, 0.6) is 0 Å². The van der Waals surface area contributed by atoms with Crippen molar-refractivity contribution in [2.24, 2.45) is 10.8 Å². The second kappa shape index (κ2) is 7.51. The zero-order valence-corrected chi connectivity index (χ0v) is 13.5. The Hall–Kier alpha value is -2.00. The number of hydrogen-bond donors (Lipinski definition) is 1. The van der Waals surface area contributed by atoms with Crippen LogP contribution >= 0.6 is 0 Å². The molecule has 0 unspecified atom stereocenters. The maximum absolute atomic E-state index is 12.6. The Kier molecular flexibility index (Phi) is 5.67. The van der Waals surface area contributed by atoms with Gasteiger partial charge in [-0.3, -0.25) is 14.4 Å². The highest BCUT2D eigenvalue weighted by Gasteiger charge is 2.29. The number of likely N-dealkylation sites (N-methyl/N-ethyl adjacent to an activating group) is 1. The molecule has 1 atom stereocenters. The van der Waals surface area contributed by atoms with Crippen LogP contribution in [-0.2, 0) is 19.1 Å². The summed E-state index contributed by atoms with van der Waals surface area (Å²) in [6.07, 6.45) is 0.317. The van der Waals surface area contributed by atoms with Crippen LogP contribution in [0.15, 0.2) is 5.10 Å². The Bertz CT molecular complexity index is 521. The summed E-state index contributed by atoms with van der Waals surface area (Å²) in [6.45, 7) is 2.16. The van der Waals surface area contributed by atoms with E-state index in [2.05, 4.69) is 10.0 Å². The van der Waals surface area contributed by atoms with Gasteiger partial charge in [-0.05, 0) is 7.05 Å². The van der Waals surface area contributed by atoms with Crippen LogP contribution in [0.3, 0.4) is 0 Å². The van der Waals surface area contributed by atoms with E-state index in [1.807, 2.05) is 7.05 Å². The second-order valence-corrected chi connectivity index (χ2v) is 5.87. The van der Waals surface area contributed by atoms with E-state index in [9.17, 15) is 14.4 Å². The number of carbonyl (C=O) groups is 3. The predicted octanol–water partition coefficient (Wildman–Crippen LogP) is -1.76. The third-order valence-electron chi connectivity index (χ3n) is 3.85. The third-order valence-corrected chi connectivity index (χ3v) is 3.85. The van der Waals surface area contributed by atoms with Crippen LogP contribution in [0.25, 0.3) is 0 Å². The molecule has 2 aliphatic heterocycles. The van der Waals surface area contributed by atoms with E-state index in [0.717, 1.165) is 11.6 Å². The van der Waals surface area contributed by atoms with Crippen molar-refractivity contribution in [3.05, 3.63) is 0 Å². The van der Waals surface area contributed by atoms with E-state index in [1.165, 1.54) is 11.9 Å². The minimum absolute atomic E-state index is 0.139. The summed E-state index contributed by atoms with van der Waals surface area (Å²) in [5.41, 5.74) is 5.52. The molecule has 0 aromatic rings. The van der Waals surface area contributed by atoms with Crippen molar-refractivity contribution in [3.8, 4) is 0 Å². The summed E-state index contributed by atoms with van der Waals surface area (Å²) in [5, 5.41) is 5.16. The van der Waals surface area contributed by atoms with Crippen LogP contribution in [0.1, 0.15) is 12.8 Å². The number of morpholine rings is 1. The Morgan fingerprint density at radius 3 is 2.74 bits per heavy atom. The Balaban J connectivity index is 2.07. The van der Waals surface area contributed by atoms with Gasteiger partial charge in [0.25, 0.3) is 5.91 Å². The lowest BCUT2D eigenvalue weighted by molar-refractivity contribution is -0.134. The molecule has 0 saturated carbocycles. The lowest BCUT2D eigenvalue weighted by atomic mass is 10.1. The molecule has 23 heavy (non-hydrogen) atoms. The zero-order valence-electron chi connectivity index (χ0n) is 13.5. The molecule has 9 nitrogen and oxygen atoms in total. The number of nitrogens with two attached hydrogens (primary N) is 1. The van der Waals surface area contributed by atoms with E-state index in [0.29, 0.717) is 13.2 Å². The lowest BCUT2D eigenvalue weighted by Crippen LogP contribution is -2.51. The van der Waals surface area contributed by atoms with Gasteiger partial charge in [-0.25, -0.2) is 5.01 Å². The van der Waals surface area contributed by atoms with E-state index in [-0.39, 0.29) is 49.6 Å². The number of ether oxygens (including phenoxy) is 1. The van der Waals surface area contributed by atoms with Gasteiger partial charge in [0, 0.05) is 39.5 Å². The van der Waals surface area contributed by atoms with Crippen LogP contribution in [0.2, 0.25) is 0 Å². The Morgan fingerprint density at radius 2 is 2.13 bits per heavy atom. The van der Waals surface area contributed by atoms with Crippen molar-refractivity contribution in [1.82, 2.24) is 14.8 Å². The molecule has 0 aromatic heterocycles. The molecule has 2 rings (SSSR count). The average Bonchev–Trinajstić information content (AvgIpc) is 2.48. The normalized spacial score (nSPS) is 22.7. The van der Waals surface area contributed by atoms with Gasteiger partial charge in [0.05, 0.1) is 19.3 Å². The molecule has 0 aliphatic carbocycles. The number of nitrogens with zero attached hydrogens (tertiary/aromatic N) is 4. The smallest absolute Gasteiger partial charge is 0.270 e. The van der Waals surface area contributed by atoms with Crippen LogP contribution < -0.4 is 5.73 Å². The number of carbonyl (C=O) groups excluding carboxylic acids is 3. The minimum Gasteiger partial charge on any atom is -0.374 e. The number of rotatable bonds is 5. The minimum atomic E-state index is -0.594. The summed E-state index contributed by atoms with van der Waals surface area (Å²) in [7, 11) is 3.48. The summed E-state index contributed by atoms with van der Waals surface area (Å²) >= 11 is 0. The maximum Gasteiger partial charge on any atom is 0.270 e. The van der Waals surface area contributed by atoms with Crippen LogP contribution in [0.4, 0.5) is 0 Å². The molecule has 9 heteroatoms. The van der Waals surface area contributed by atoms with Gasteiger partial charge in [0.2, 0.25) is 11.8 Å². The highest BCUT2D eigenvalue weighted by Crippen LogP contribution is 2.11. The summed E-state index contributed by atoms with van der Waals surface area (Å²) in [5.74, 6) is -1.11. The van der Waals surface area contributed by atoms with Gasteiger partial charge in [-0.15, -0.1) is 0 Å². The van der Waals surface area contributed by atoms with Crippen molar-refractivity contribution in [2.45, 2.75) is 18.9 Å². The van der Waals surface area contributed by atoms with Gasteiger partial charge >= 0.3 is 0 Å². The molecule has 1 fully saturated rings. The van der Waals surface area contributed by atoms with E-state index < -0.39 is 5.91 Å². The van der Waals surface area contributed by atoms with Crippen molar-refractivity contribution in [3.63, 3.8) is 0 Å². The monoisotopic (exact) mass is 325 g/mol. The van der Waals surface area contributed by atoms with Crippen molar-refractivity contribution in [2.75, 3.05) is 46.9 Å². The van der Waals surface area contributed by atoms with Crippen LogP contribution in [0, 0.1) is 0 Å². The molecule has 1 saturated heterocycles. The lowest BCUT2D eigenvalue weighted by Gasteiger charge is -2.34. The number of primary amides is 1. The van der Waals surface area contributed by atoms with Gasteiger partial charge in [0.15, 0.2) is 0 Å². The molecule has 3 amide bonds. The van der Waals surface area contributed by atoms with Crippen LogP contribution in [-0.4, -0.2) is 91.2 Å². The summed E-state index contributed by atoms with van der Waals surface area (Å²) in [6, 6.07) is 0. The molecule has 0 bridgehead atoms. The fraction of sp³-hybridized carbons (Fsp3) is 0.714. The molecular formula is C14H23N5O4. The fourth-order valence-corrected chi connectivity index (χ4v) is 2.64. The topological polar surface area (TPSA) is 109 Å². The molecule has 2 aliphatic rings. The maximum atomic E-state index is 12.6. The largest absolute Gasteiger partial charge is 0.374 e. The Labute approximate surface area is 135 Å². The van der Waals surface area contributed by atoms with Gasteiger partial charge < -0.3 is 20.3 Å². The first-order chi connectivity index (χ1) is 10.9. The average molecular weight is 325 g/mol. The van der Waals surface area contributed by atoms with E-state index >= 15 is 0 Å². The second-order valence-electron chi connectivity index (χ2n) is 5.87. The Morgan fingerprint density at radius 1 is 1.39 bits per heavy atom. The highest BCUT2D eigenvalue weighted by molar-refractivity contribution is 6.39. The zero-order chi connectivity index (χ0) is 17.0. The van der Waals surface area contributed by atoms with Gasteiger partial charge in [-0.2, -0.15) is 5.10 Å². The first-order valence-corrected chi connectivity index (χ1v) is 7.58. The molecule has 2 N–H and O–H groups in total. The van der Waals surface area contributed by atoms with Gasteiger partial charge in [0.1, 0.15) is 5.71 Å². The summed E-state index contributed by atoms with van der Waals surface area (Å²) in [4.78, 5) is 38.8. The quantitative estimate of drug-likeness (QED) is 0.644. The fourth-order valence-electron chi connectivity index (χ4n) is 2.64. The number of hydrogen-bond acceptors (Lipinski definition) is 6. The summed E-state index contributed by atoms with van der Waals surface area (Å²) < 4.78 is 5.64. The highest BCUT2D eigenvalue weighted by atomic mass is 16.5. The molecule has 128 valence electrons. The van der Waals surface area contributed by atoms with Crippen molar-refractivity contribution < 1.29 is 19.1 Å². The molecular weight excluding hydrogens is 302 g/mol. The van der Waals surface area contributed by atoms with Crippen molar-refractivity contribution in [1.29, 1.82) is 0 Å². The number of hydrazone groups is 1. The predicted molar refractivity (Wildman–Crippen MR) is 82.5 cm³/mol. The molecule has 0 spiro atoms. The first-order valence-electron chi connectivity index (χ1n) is 7.58. The third kappa shape index (κ3) is 4.73. The first kappa shape index (κ1) is 17.4. The van der Waals surface area contributed by atoms with Crippen molar-refractivity contribution >= 4 is 23.4 Å². The van der Waals surface area contributed by atoms with E-state index in [4.69, 9.17) is 10.5 Å². The number of amides is 3. The van der Waals surface area contributed by atoms with E-state index in [1.54, 1.807) is 0 Å². The molecule has 0 radical (unpaired) electrons. The standard InChI is InChI=1S/C14H23N5O4/c1-17-5-6-23-10(7-17)8-19(9-12(15)20)14(22)11-3-4-13(21)18(2)16-11/h10H,3-9H2,1-2H3,(H2,15,20)/t10-/m1/s1. The molecule has 2 heterocycles. The van der Waals surface area contributed by atoms with Gasteiger partial charge in [-0.1, -0.05) is 0 Å². The molecule has 0 aromatic carbocycles.